The first-order valence-electron chi connectivity index (χ1n) is 10.6. The van der Waals surface area contributed by atoms with E-state index in [2.05, 4.69) is 15.4 Å². The highest BCUT2D eigenvalue weighted by Crippen LogP contribution is 2.25. The molecule has 2 aromatic heterocycles. The van der Waals surface area contributed by atoms with Gasteiger partial charge in [-0.3, -0.25) is 4.79 Å². The van der Waals surface area contributed by atoms with Gasteiger partial charge in [-0.1, -0.05) is 41.9 Å². The summed E-state index contributed by atoms with van der Waals surface area (Å²) in [5.41, 5.74) is 4.86. The van der Waals surface area contributed by atoms with Gasteiger partial charge in [0.1, 0.15) is 22.3 Å². The topological polar surface area (TPSA) is 86.1 Å². The van der Waals surface area contributed by atoms with Crippen LogP contribution in [0.15, 0.2) is 53.9 Å². The number of para-hydroxylation sites is 1. The van der Waals surface area contributed by atoms with Crippen molar-refractivity contribution in [3.05, 3.63) is 92.1 Å². The number of benzene rings is 2. The van der Waals surface area contributed by atoms with Crippen LogP contribution in [0.2, 0.25) is 5.15 Å². The Morgan fingerprint density at radius 3 is 2.65 bits per heavy atom. The minimum atomic E-state index is -0.577. The predicted molar refractivity (Wildman–Crippen MR) is 133 cm³/mol. The highest BCUT2D eigenvalue weighted by Gasteiger charge is 2.23. The average Bonchev–Trinajstić information content (AvgIpc) is 3.38. The fraction of sp³-hybridized carbons (Fsp3) is 0.200. The Morgan fingerprint density at radius 2 is 1.88 bits per heavy atom. The molecular formula is C25H23ClN4O3S. The first kappa shape index (κ1) is 23.7. The molecule has 34 heavy (non-hydrogen) atoms. The second kappa shape index (κ2) is 10.2. The van der Waals surface area contributed by atoms with E-state index in [1.165, 1.54) is 16.0 Å². The number of anilines is 1. The number of amides is 1. The monoisotopic (exact) mass is 494 g/mol. The summed E-state index contributed by atoms with van der Waals surface area (Å²) in [4.78, 5) is 29.6. The standard InChI is InChI=1S/C25H23ClN4O3S/c1-15-9-10-16(2)20(11-15)28-21(31)12-22-27-18(14-34-22)13-33-25(32)23-17(3)29-30(24(23)26)19-7-5-4-6-8-19/h4-11,14H,12-13H2,1-3H3,(H,28,31). The van der Waals surface area contributed by atoms with E-state index in [0.29, 0.717) is 16.4 Å². The lowest BCUT2D eigenvalue weighted by Crippen LogP contribution is -2.15. The average molecular weight is 495 g/mol. The third-order valence-electron chi connectivity index (χ3n) is 5.14. The molecule has 1 N–H and O–H groups in total. The number of hydrogen-bond acceptors (Lipinski definition) is 6. The Hall–Kier alpha value is -3.49. The van der Waals surface area contributed by atoms with Crippen molar-refractivity contribution in [2.75, 3.05) is 5.32 Å². The van der Waals surface area contributed by atoms with Crippen molar-refractivity contribution in [2.45, 2.75) is 33.8 Å². The molecule has 1 amide bonds. The molecule has 0 aliphatic rings. The Morgan fingerprint density at radius 1 is 1.12 bits per heavy atom. The van der Waals surface area contributed by atoms with Gasteiger partial charge in [-0.15, -0.1) is 11.3 Å². The van der Waals surface area contributed by atoms with E-state index in [1.54, 1.807) is 12.3 Å². The fourth-order valence-corrected chi connectivity index (χ4v) is 4.51. The van der Waals surface area contributed by atoms with E-state index in [-0.39, 0.29) is 29.7 Å². The third kappa shape index (κ3) is 5.35. The normalized spacial score (nSPS) is 10.8. The van der Waals surface area contributed by atoms with Crippen LogP contribution >= 0.6 is 22.9 Å². The molecule has 2 aromatic carbocycles. The summed E-state index contributed by atoms with van der Waals surface area (Å²) in [6, 6.07) is 15.2. The number of hydrogen-bond donors (Lipinski definition) is 1. The number of esters is 1. The molecule has 0 fully saturated rings. The van der Waals surface area contributed by atoms with Gasteiger partial charge in [0, 0.05) is 11.1 Å². The van der Waals surface area contributed by atoms with Crippen LogP contribution in [0.25, 0.3) is 5.69 Å². The van der Waals surface area contributed by atoms with Gasteiger partial charge in [-0.05, 0) is 50.1 Å². The zero-order valence-corrected chi connectivity index (χ0v) is 20.5. The van der Waals surface area contributed by atoms with Gasteiger partial charge in [0.25, 0.3) is 0 Å². The van der Waals surface area contributed by atoms with E-state index >= 15 is 0 Å². The molecule has 0 unspecified atom stereocenters. The van der Waals surface area contributed by atoms with Crippen molar-refractivity contribution >= 4 is 40.5 Å². The molecule has 4 rings (SSSR count). The number of carbonyl (C=O) groups is 2. The summed E-state index contributed by atoms with van der Waals surface area (Å²) in [6.45, 7) is 5.60. The lowest BCUT2D eigenvalue weighted by molar-refractivity contribution is -0.115. The quantitative estimate of drug-likeness (QED) is 0.345. The molecule has 174 valence electrons. The number of halogens is 1. The molecule has 0 radical (unpaired) electrons. The minimum absolute atomic E-state index is 0.0276. The van der Waals surface area contributed by atoms with Gasteiger partial charge in [-0.25, -0.2) is 14.5 Å². The van der Waals surface area contributed by atoms with Crippen LogP contribution in [0.3, 0.4) is 0 Å². The molecule has 0 bridgehead atoms. The molecule has 0 saturated carbocycles. The maximum Gasteiger partial charge on any atom is 0.343 e. The molecule has 9 heteroatoms. The zero-order valence-electron chi connectivity index (χ0n) is 19.0. The molecule has 0 spiro atoms. The molecule has 4 aromatic rings. The summed E-state index contributed by atoms with van der Waals surface area (Å²) in [6.07, 6.45) is 0.140. The summed E-state index contributed by atoms with van der Waals surface area (Å²) in [7, 11) is 0. The third-order valence-corrected chi connectivity index (χ3v) is 6.39. The predicted octanol–water partition coefficient (Wildman–Crippen LogP) is 5.45. The van der Waals surface area contributed by atoms with E-state index < -0.39 is 5.97 Å². The minimum Gasteiger partial charge on any atom is -0.455 e. The number of nitrogens with one attached hydrogen (secondary N) is 1. The number of aryl methyl sites for hydroxylation is 3. The van der Waals surface area contributed by atoms with Crippen LogP contribution in [-0.2, 0) is 22.6 Å². The van der Waals surface area contributed by atoms with Crippen molar-refractivity contribution in [3.8, 4) is 5.69 Å². The van der Waals surface area contributed by atoms with Crippen LogP contribution in [0, 0.1) is 20.8 Å². The first-order valence-corrected chi connectivity index (χ1v) is 11.9. The van der Waals surface area contributed by atoms with Crippen molar-refractivity contribution in [3.63, 3.8) is 0 Å². The van der Waals surface area contributed by atoms with Crippen LogP contribution < -0.4 is 5.32 Å². The second-order valence-electron chi connectivity index (χ2n) is 7.85. The molecule has 0 aliphatic heterocycles. The molecule has 0 atom stereocenters. The van der Waals surface area contributed by atoms with Crippen molar-refractivity contribution in [1.82, 2.24) is 14.8 Å². The largest absolute Gasteiger partial charge is 0.455 e. The van der Waals surface area contributed by atoms with E-state index in [0.717, 1.165) is 22.5 Å². The van der Waals surface area contributed by atoms with Crippen LogP contribution in [0.1, 0.15) is 37.9 Å². The van der Waals surface area contributed by atoms with Gasteiger partial charge in [0.05, 0.1) is 23.5 Å². The van der Waals surface area contributed by atoms with E-state index in [9.17, 15) is 9.59 Å². The van der Waals surface area contributed by atoms with Crippen LogP contribution in [0.4, 0.5) is 5.69 Å². The number of thiazole rings is 1. The SMILES string of the molecule is Cc1ccc(C)c(NC(=O)Cc2nc(COC(=O)c3c(C)nn(-c4ccccc4)c3Cl)cs2)c1. The maximum atomic E-state index is 12.7. The lowest BCUT2D eigenvalue weighted by Gasteiger charge is -2.08. The summed E-state index contributed by atoms with van der Waals surface area (Å²) >= 11 is 7.78. The fourth-order valence-electron chi connectivity index (χ4n) is 3.38. The number of rotatable bonds is 7. The van der Waals surface area contributed by atoms with Gasteiger partial charge in [-0.2, -0.15) is 5.10 Å². The van der Waals surface area contributed by atoms with Crippen LogP contribution in [0.5, 0.6) is 0 Å². The second-order valence-corrected chi connectivity index (χ2v) is 9.15. The van der Waals surface area contributed by atoms with Gasteiger partial charge in [0.2, 0.25) is 5.91 Å². The Bertz CT molecular complexity index is 1350. The van der Waals surface area contributed by atoms with Gasteiger partial charge in [0.15, 0.2) is 0 Å². The maximum absolute atomic E-state index is 12.7. The van der Waals surface area contributed by atoms with Crippen molar-refractivity contribution < 1.29 is 14.3 Å². The van der Waals surface area contributed by atoms with E-state index in [4.69, 9.17) is 16.3 Å². The van der Waals surface area contributed by atoms with E-state index in [1.807, 2.05) is 62.4 Å². The Labute approximate surface area is 206 Å². The summed E-state index contributed by atoms with van der Waals surface area (Å²) < 4.78 is 6.94. The molecule has 0 saturated heterocycles. The molecule has 2 heterocycles. The highest BCUT2D eigenvalue weighted by molar-refractivity contribution is 7.09. The number of carbonyl (C=O) groups excluding carboxylic acids is 2. The van der Waals surface area contributed by atoms with Crippen molar-refractivity contribution in [2.24, 2.45) is 0 Å². The molecule has 0 aliphatic carbocycles. The van der Waals surface area contributed by atoms with Crippen LogP contribution in [-0.4, -0.2) is 26.6 Å². The lowest BCUT2D eigenvalue weighted by atomic mass is 10.1. The number of ether oxygens (including phenoxy) is 1. The summed E-state index contributed by atoms with van der Waals surface area (Å²) in [5.74, 6) is -0.728. The number of nitrogens with zero attached hydrogens (tertiary/aromatic N) is 3. The Balaban J connectivity index is 1.37. The smallest absolute Gasteiger partial charge is 0.343 e. The van der Waals surface area contributed by atoms with Gasteiger partial charge < -0.3 is 10.1 Å². The first-order chi connectivity index (χ1) is 16.3. The number of aromatic nitrogens is 3. The van der Waals surface area contributed by atoms with Crippen molar-refractivity contribution in [1.29, 1.82) is 0 Å². The Kier molecular flexibility index (Phi) is 7.09. The summed E-state index contributed by atoms with van der Waals surface area (Å²) in [5, 5.41) is 9.90. The molecular weight excluding hydrogens is 472 g/mol. The molecule has 7 nitrogen and oxygen atoms in total. The van der Waals surface area contributed by atoms with Gasteiger partial charge >= 0.3 is 5.97 Å². The zero-order chi connectivity index (χ0) is 24.2. The highest BCUT2D eigenvalue weighted by atomic mass is 35.5.